The largest absolute Gasteiger partial charge is 0.459 e. The van der Waals surface area contributed by atoms with E-state index in [-0.39, 0.29) is 42.6 Å². The van der Waals surface area contributed by atoms with E-state index in [4.69, 9.17) is 33.2 Å². The number of likely N-dealkylation sites (N-methyl/N-ethyl adjacent to an activating group) is 1. The van der Waals surface area contributed by atoms with Crippen LogP contribution in [0.5, 0.6) is 0 Å². The number of aromatic nitrogens is 1. The van der Waals surface area contributed by atoms with E-state index in [9.17, 15) is 24.6 Å². The zero-order valence-electron chi connectivity index (χ0n) is 41.4. The van der Waals surface area contributed by atoms with Gasteiger partial charge in [-0.1, -0.05) is 45.9 Å². The number of hydrogen-bond acceptors (Lipinski definition) is 15. The maximum atomic E-state index is 14.5. The Kier molecular flexibility index (Phi) is 16.8. The number of amides is 1. The van der Waals surface area contributed by atoms with Crippen LogP contribution in [-0.2, 0) is 54.1 Å². The molecule has 0 saturated carbocycles. The van der Waals surface area contributed by atoms with Crippen molar-refractivity contribution in [3.8, 4) is 0 Å². The molecule has 2 unspecified atom stereocenters. The maximum Gasteiger partial charge on any atom is 0.311 e. The van der Waals surface area contributed by atoms with Crippen LogP contribution in [0.15, 0.2) is 36.5 Å². The summed E-state index contributed by atoms with van der Waals surface area (Å²) in [5.41, 5.74) is -2.15. The second-order valence-corrected chi connectivity index (χ2v) is 20.6. The SMILES string of the molecule is CC[C@H]1OC(=O)[C@H](C)[C@@H](O[C@H]2C[C@@](C)(OC)C(C(=O)NCCNCc3cnc4ccccc4c3)[C@H](C)O2)[C@H](C)[C@@H](O[C@@H]2O[C@H](C)C[C@H](N(C)C)[C@H]2O)[C@](C)(O)C[C@@H](C)[C@@H]2OC1(C)C(=O)[C@H]2C. The number of carbonyl (C=O) groups excluding carboxylic acids is 3. The van der Waals surface area contributed by atoms with Crippen LogP contribution in [0, 0.1) is 29.6 Å². The molecule has 6 rings (SSSR count). The normalized spacial score (nSPS) is 41.5. The van der Waals surface area contributed by atoms with Crippen LogP contribution in [0.1, 0.15) is 100 Å². The molecular weight excluding hydrogens is 849 g/mol. The molecule has 4 fully saturated rings. The van der Waals surface area contributed by atoms with E-state index in [1.807, 2.05) is 91.0 Å². The first-order valence-corrected chi connectivity index (χ1v) is 24.0. The highest BCUT2D eigenvalue weighted by Gasteiger charge is 2.59. The number of rotatable bonds is 13. The Morgan fingerprint density at radius 1 is 0.985 bits per heavy atom. The van der Waals surface area contributed by atoms with Gasteiger partial charge in [-0.2, -0.15) is 0 Å². The van der Waals surface area contributed by atoms with E-state index in [1.54, 1.807) is 34.8 Å². The highest BCUT2D eigenvalue weighted by molar-refractivity contribution is 5.92. The van der Waals surface area contributed by atoms with Crippen LogP contribution in [0.25, 0.3) is 10.9 Å². The number of para-hydroxylation sites is 1. The number of benzene rings is 1. The van der Waals surface area contributed by atoms with Crippen LogP contribution in [0.2, 0.25) is 0 Å². The average molecular weight is 927 g/mol. The number of ketones is 1. The third kappa shape index (κ3) is 11.0. The molecule has 0 radical (unpaired) electrons. The summed E-state index contributed by atoms with van der Waals surface area (Å²) in [6, 6.07) is 9.75. The third-order valence-corrected chi connectivity index (χ3v) is 15.0. The van der Waals surface area contributed by atoms with Crippen LogP contribution in [0.3, 0.4) is 0 Å². The lowest BCUT2D eigenvalue weighted by Crippen LogP contribution is -2.61. The Morgan fingerprint density at radius 3 is 2.38 bits per heavy atom. The molecule has 1 amide bonds. The molecule has 5 heterocycles. The molecule has 1 aromatic heterocycles. The number of fused-ring (bicyclic) bond motifs is 3. The van der Waals surface area contributed by atoms with Crippen molar-refractivity contribution in [2.24, 2.45) is 29.6 Å². The van der Waals surface area contributed by atoms with Crippen molar-refractivity contribution in [1.82, 2.24) is 20.5 Å². The first-order chi connectivity index (χ1) is 31.0. The molecule has 4 N–H and O–H groups in total. The van der Waals surface area contributed by atoms with E-state index in [2.05, 4.69) is 21.7 Å². The quantitative estimate of drug-likeness (QED) is 0.161. The van der Waals surface area contributed by atoms with Gasteiger partial charge in [0.05, 0.1) is 59.1 Å². The molecule has 18 atom stereocenters. The monoisotopic (exact) mass is 927 g/mol. The summed E-state index contributed by atoms with van der Waals surface area (Å²) in [5.74, 6) is -4.41. The number of aliphatic hydroxyl groups excluding tert-OH is 1. The van der Waals surface area contributed by atoms with Gasteiger partial charge in [0.1, 0.15) is 12.2 Å². The van der Waals surface area contributed by atoms with Gasteiger partial charge in [-0.15, -0.1) is 0 Å². The van der Waals surface area contributed by atoms with Gasteiger partial charge in [-0.25, -0.2) is 0 Å². The molecular formula is C50H78N4O12. The molecule has 0 aliphatic carbocycles. The number of aliphatic hydroxyl groups is 2. The van der Waals surface area contributed by atoms with Crippen molar-refractivity contribution in [2.45, 2.75) is 180 Å². The van der Waals surface area contributed by atoms with Gasteiger partial charge in [-0.3, -0.25) is 19.4 Å². The highest BCUT2D eigenvalue weighted by Crippen LogP contribution is 2.45. The van der Waals surface area contributed by atoms with Crippen molar-refractivity contribution in [3.63, 3.8) is 0 Å². The topological polar surface area (TPSA) is 196 Å². The summed E-state index contributed by atoms with van der Waals surface area (Å²) in [6.45, 7) is 19.5. The second-order valence-electron chi connectivity index (χ2n) is 20.6. The van der Waals surface area contributed by atoms with E-state index < -0.39 is 95.6 Å². The van der Waals surface area contributed by atoms with Gasteiger partial charge in [0.15, 0.2) is 24.0 Å². The molecule has 4 aliphatic heterocycles. The summed E-state index contributed by atoms with van der Waals surface area (Å²) >= 11 is 0. The number of ether oxygens (including phenoxy) is 7. The highest BCUT2D eigenvalue weighted by atomic mass is 16.7. The second kappa shape index (κ2) is 21.2. The average Bonchev–Trinajstić information content (AvgIpc) is 3.50. The molecule has 16 heteroatoms. The summed E-state index contributed by atoms with van der Waals surface area (Å²) in [5, 5.41) is 32.0. The summed E-state index contributed by atoms with van der Waals surface area (Å²) < 4.78 is 45.5. The Balaban J connectivity index is 1.24. The third-order valence-electron chi connectivity index (χ3n) is 15.0. The lowest BCUT2D eigenvalue weighted by Gasteiger charge is -2.49. The first kappa shape index (κ1) is 52.2. The Bertz CT molecular complexity index is 1990. The summed E-state index contributed by atoms with van der Waals surface area (Å²) in [7, 11) is 5.33. The zero-order chi connectivity index (χ0) is 48.5. The van der Waals surface area contributed by atoms with Gasteiger partial charge in [-0.05, 0) is 98.5 Å². The smallest absolute Gasteiger partial charge is 0.311 e. The van der Waals surface area contributed by atoms with Gasteiger partial charge >= 0.3 is 5.97 Å². The minimum atomic E-state index is -1.64. The predicted octanol–water partition coefficient (Wildman–Crippen LogP) is 4.54. The first-order valence-electron chi connectivity index (χ1n) is 24.0. The van der Waals surface area contributed by atoms with Crippen molar-refractivity contribution in [3.05, 3.63) is 42.1 Å². The van der Waals surface area contributed by atoms with Crippen LogP contribution >= 0.6 is 0 Å². The summed E-state index contributed by atoms with van der Waals surface area (Å²) in [6.07, 6.45) is -4.79. The predicted molar refractivity (Wildman–Crippen MR) is 247 cm³/mol. The fourth-order valence-corrected chi connectivity index (χ4v) is 11.4. The number of nitrogens with one attached hydrogen (secondary N) is 2. The Hall–Kier alpha value is -3.16. The van der Waals surface area contributed by atoms with Crippen molar-refractivity contribution >= 4 is 28.6 Å². The molecule has 4 aliphatic rings. The number of nitrogens with zero attached hydrogens (tertiary/aromatic N) is 2. The van der Waals surface area contributed by atoms with Gasteiger partial charge in [0.2, 0.25) is 5.91 Å². The van der Waals surface area contributed by atoms with Crippen molar-refractivity contribution in [1.29, 1.82) is 0 Å². The molecule has 370 valence electrons. The minimum Gasteiger partial charge on any atom is -0.459 e. The van der Waals surface area contributed by atoms with Gasteiger partial charge < -0.3 is 58.9 Å². The van der Waals surface area contributed by atoms with Gasteiger partial charge in [0.25, 0.3) is 0 Å². The molecule has 16 nitrogen and oxygen atoms in total. The maximum absolute atomic E-state index is 14.5. The minimum absolute atomic E-state index is 0.118. The molecule has 2 aromatic rings. The number of carbonyl (C=O) groups is 3. The van der Waals surface area contributed by atoms with E-state index >= 15 is 0 Å². The molecule has 66 heavy (non-hydrogen) atoms. The number of cyclic esters (lactones) is 1. The number of pyridine rings is 1. The number of Topliss-reactive ketones (excluding diaryl/α,β-unsaturated/α-hetero) is 1. The number of esters is 1. The van der Waals surface area contributed by atoms with E-state index in [0.29, 0.717) is 32.5 Å². The van der Waals surface area contributed by atoms with E-state index in [1.165, 1.54) is 0 Å². The van der Waals surface area contributed by atoms with Crippen molar-refractivity contribution < 1.29 is 57.8 Å². The van der Waals surface area contributed by atoms with Gasteiger partial charge in [0, 0.05) is 62.6 Å². The molecule has 0 spiro atoms. The molecule has 4 saturated heterocycles. The van der Waals surface area contributed by atoms with Crippen LogP contribution < -0.4 is 10.6 Å². The molecule has 2 bridgehead atoms. The fourth-order valence-electron chi connectivity index (χ4n) is 11.4. The Morgan fingerprint density at radius 2 is 1.70 bits per heavy atom. The number of methoxy groups -OCH3 is 1. The van der Waals surface area contributed by atoms with E-state index in [0.717, 1.165) is 16.5 Å². The zero-order valence-corrected chi connectivity index (χ0v) is 41.4. The molecule has 1 aromatic carbocycles. The standard InChI is InChI=1S/C50H78N4O12/c1-14-37-50(10)43(56)29(4)41(66-50)27(2)23-48(8,59)44(65-47-40(55)36(54(11)12)21-28(3)61-47)30(5)42(31(6)46(58)63-37)64-38-24-49(9,60-13)39(32(7)62-38)45(57)52-20-19-51-25-33-22-34-17-15-16-18-35(34)53-26-33/h15-18,22,26-32,36-42,44,47,51,55,59H,14,19-21,23-25H2,1-13H3,(H,52,57)/t27-,28-,29+,30+,31-,32+,36+,37-,38+,39?,40-,41+,42+,44-,47+,48-,49-,50?/m1/s1. The summed E-state index contributed by atoms with van der Waals surface area (Å²) in [4.78, 5) is 49.0. The Labute approximate surface area is 391 Å². The number of hydrogen-bond donors (Lipinski definition) is 4. The van der Waals surface area contributed by atoms with Crippen LogP contribution in [-0.4, -0.2) is 150 Å². The van der Waals surface area contributed by atoms with Crippen molar-refractivity contribution in [2.75, 3.05) is 34.3 Å². The fraction of sp³-hybridized carbons (Fsp3) is 0.760. The van der Waals surface area contributed by atoms with Crippen LogP contribution in [0.4, 0.5) is 0 Å². The lowest BCUT2D eigenvalue weighted by atomic mass is 9.75. The lowest BCUT2D eigenvalue weighted by molar-refractivity contribution is -0.313.